The highest BCUT2D eigenvalue weighted by Crippen LogP contribution is 2.29. The molecule has 3 nitrogen and oxygen atoms in total. The normalized spacial score (nSPS) is 16.2. The van der Waals surface area contributed by atoms with Gasteiger partial charge in [0, 0.05) is 18.1 Å². The number of aromatic nitrogens is 1. The van der Waals surface area contributed by atoms with E-state index in [4.69, 9.17) is 4.74 Å². The summed E-state index contributed by atoms with van der Waals surface area (Å²) in [7, 11) is 0. The predicted octanol–water partition coefficient (Wildman–Crippen LogP) is 4.06. The van der Waals surface area contributed by atoms with Crippen molar-refractivity contribution in [3.8, 4) is 5.88 Å². The van der Waals surface area contributed by atoms with E-state index >= 15 is 0 Å². The number of pyridine rings is 1. The second-order valence-corrected chi connectivity index (χ2v) is 5.79. The van der Waals surface area contributed by atoms with Gasteiger partial charge in [-0.2, -0.15) is 0 Å². The predicted molar refractivity (Wildman–Crippen MR) is 86.6 cm³/mol. The summed E-state index contributed by atoms with van der Waals surface area (Å²) in [6, 6.07) is 8.43. The minimum Gasteiger partial charge on any atom is -0.474 e. The minimum absolute atomic E-state index is 0.342. The molecule has 1 aliphatic rings. The summed E-state index contributed by atoms with van der Waals surface area (Å²) in [6.07, 6.45) is 8.53. The van der Waals surface area contributed by atoms with Crippen LogP contribution in [0.15, 0.2) is 30.5 Å². The van der Waals surface area contributed by atoms with Crippen molar-refractivity contribution in [1.82, 2.24) is 10.3 Å². The van der Waals surface area contributed by atoms with Crippen molar-refractivity contribution in [1.29, 1.82) is 0 Å². The van der Waals surface area contributed by atoms with Crippen molar-refractivity contribution < 1.29 is 4.74 Å². The molecular formula is C18H24N2O. The highest BCUT2D eigenvalue weighted by atomic mass is 16.5. The molecule has 0 radical (unpaired) electrons. The lowest BCUT2D eigenvalue weighted by Crippen LogP contribution is -2.20. The summed E-state index contributed by atoms with van der Waals surface area (Å²) < 4.78 is 6.20. The molecule has 112 valence electrons. The van der Waals surface area contributed by atoms with Crippen LogP contribution in [0.5, 0.6) is 5.88 Å². The third kappa shape index (κ3) is 3.35. The molecule has 1 aliphatic carbocycles. The average Bonchev–Trinajstić information content (AvgIpc) is 2.55. The number of fused-ring (bicyclic) bond motifs is 1. The van der Waals surface area contributed by atoms with Crippen LogP contribution in [0.25, 0.3) is 10.8 Å². The average molecular weight is 284 g/mol. The lowest BCUT2D eigenvalue weighted by atomic mass is 9.98. The van der Waals surface area contributed by atoms with E-state index in [1.165, 1.54) is 30.2 Å². The number of nitrogens with one attached hydrogen (secondary N) is 1. The molecule has 0 saturated heterocycles. The monoisotopic (exact) mass is 284 g/mol. The number of hydrogen-bond donors (Lipinski definition) is 1. The quantitative estimate of drug-likeness (QED) is 0.899. The van der Waals surface area contributed by atoms with E-state index in [1.807, 2.05) is 6.20 Å². The molecule has 0 aliphatic heterocycles. The van der Waals surface area contributed by atoms with E-state index in [1.54, 1.807) is 0 Å². The zero-order valence-electron chi connectivity index (χ0n) is 12.8. The van der Waals surface area contributed by atoms with Gasteiger partial charge in [-0.3, -0.25) is 0 Å². The second kappa shape index (κ2) is 6.90. The Hall–Kier alpha value is -1.61. The van der Waals surface area contributed by atoms with Gasteiger partial charge in [-0.1, -0.05) is 31.5 Å². The summed E-state index contributed by atoms with van der Waals surface area (Å²) in [5, 5.41) is 5.76. The van der Waals surface area contributed by atoms with Gasteiger partial charge in [-0.15, -0.1) is 0 Å². The van der Waals surface area contributed by atoms with Gasteiger partial charge in [0.2, 0.25) is 5.88 Å². The van der Waals surface area contributed by atoms with E-state index in [2.05, 4.69) is 41.5 Å². The summed E-state index contributed by atoms with van der Waals surface area (Å²) in [5.41, 5.74) is 1.24. The molecule has 3 rings (SSSR count). The van der Waals surface area contributed by atoms with Crippen LogP contribution in [0.2, 0.25) is 0 Å². The Morgan fingerprint density at radius 1 is 1.14 bits per heavy atom. The summed E-state index contributed by atoms with van der Waals surface area (Å²) >= 11 is 0. The van der Waals surface area contributed by atoms with Crippen molar-refractivity contribution in [2.75, 3.05) is 6.54 Å². The van der Waals surface area contributed by atoms with Crippen molar-refractivity contribution >= 4 is 10.8 Å². The van der Waals surface area contributed by atoms with Crippen LogP contribution in [-0.2, 0) is 6.54 Å². The fourth-order valence-electron chi connectivity index (χ4n) is 3.06. The largest absolute Gasteiger partial charge is 0.474 e. The number of benzene rings is 1. The summed E-state index contributed by atoms with van der Waals surface area (Å²) in [4.78, 5) is 4.59. The lowest BCUT2D eigenvalue weighted by molar-refractivity contribution is 0.151. The topological polar surface area (TPSA) is 34.2 Å². The van der Waals surface area contributed by atoms with Crippen LogP contribution in [-0.4, -0.2) is 17.6 Å². The van der Waals surface area contributed by atoms with Gasteiger partial charge < -0.3 is 10.1 Å². The first kappa shape index (κ1) is 14.3. The van der Waals surface area contributed by atoms with Crippen molar-refractivity contribution in [2.24, 2.45) is 0 Å². The van der Waals surface area contributed by atoms with Gasteiger partial charge >= 0.3 is 0 Å². The maximum absolute atomic E-state index is 6.20. The standard InChI is InChI=1S/C18H24N2O/c1-2-19-12-14-13-20-18(17-11-7-6-10-16(14)17)21-15-8-4-3-5-9-15/h6-7,10-11,13,15,19H,2-5,8-9,12H2,1H3. The SMILES string of the molecule is CCNCc1cnc(OC2CCCCC2)c2ccccc12. The van der Waals surface area contributed by atoms with E-state index in [0.717, 1.165) is 37.2 Å². The molecule has 1 N–H and O–H groups in total. The molecule has 1 aromatic carbocycles. The Morgan fingerprint density at radius 3 is 2.67 bits per heavy atom. The summed E-state index contributed by atoms with van der Waals surface area (Å²) in [6.45, 7) is 3.94. The minimum atomic E-state index is 0.342. The van der Waals surface area contributed by atoms with E-state index < -0.39 is 0 Å². The number of hydrogen-bond acceptors (Lipinski definition) is 3. The van der Waals surface area contributed by atoms with Gasteiger partial charge in [0.1, 0.15) is 6.10 Å². The highest BCUT2D eigenvalue weighted by molar-refractivity contribution is 5.89. The molecule has 1 saturated carbocycles. The van der Waals surface area contributed by atoms with Crippen molar-refractivity contribution in [3.05, 3.63) is 36.0 Å². The van der Waals surface area contributed by atoms with Crippen LogP contribution in [0.4, 0.5) is 0 Å². The molecule has 1 fully saturated rings. The molecule has 0 bridgehead atoms. The third-order valence-electron chi connectivity index (χ3n) is 4.24. The highest BCUT2D eigenvalue weighted by Gasteiger charge is 2.17. The van der Waals surface area contributed by atoms with Crippen LogP contribution >= 0.6 is 0 Å². The van der Waals surface area contributed by atoms with Gasteiger partial charge in [0.15, 0.2) is 0 Å². The Kier molecular flexibility index (Phi) is 4.71. The molecule has 2 aromatic rings. The van der Waals surface area contributed by atoms with Gasteiger partial charge in [-0.05, 0) is 49.2 Å². The molecule has 1 heterocycles. The first-order valence-corrected chi connectivity index (χ1v) is 8.12. The lowest BCUT2D eigenvalue weighted by Gasteiger charge is -2.23. The molecule has 0 unspecified atom stereocenters. The maximum atomic E-state index is 6.20. The fraction of sp³-hybridized carbons (Fsp3) is 0.500. The molecule has 0 atom stereocenters. The number of nitrogens with zero attached hydrogens (tertiary/aromatic N) is 1. The third-order valence-corrected chi connectivity index (χ3v) is 4.24. The van der Waals surface area contributed by atoms with Crippen LogP contribution in [0.1, 0.15) is 44.6 Å². The zero-order valence-corrected chi connectivity index (χ0v) is 12.8. The van der Waals surface area contributed by atoms with E-state index in [-0.39, 0.29) is 0 Å². The Balaban J connectivity index is 1.88. The maximum Gasteiger partial charge on any atom is 0.221 e. The fourth-order valence-corrected chi connectivity index (χ4v) is 3.06. The Labute approximate surface area is 126 Å². The van der Waals surface area contributed by atoms with Crippen molar-refractivity contribution in [3.63, 3.8) is 0 Å². The number of ether oxygens (including phenoxy) is 1. The molecule has 3 heteroatoms. The first-order chi connectivity index (χ1) is 10.4. The Morgan fingerprint density at radius 2 is 1.90 bits per heavy atom. The van der Waals surface area contributed by atoms with E-state index in [0.29, 0.717) is 6.10 Å². The first-order valence-electron chi connectivity index (χ1n) is 8.12. The Bertz CT molecular complexity index is 591. The van der Waals surface area contributed by atoms with E-state index in [9.17, 15) is 0 Å². The molecule has 1 aromatic heterocycles. The van der Waals surface area contributed by atoms with Crippen LogP contribution in [0.3, 0.4) is 0 Å². The molecule has 21 heavy (non-hydrogen) atoms. The molecular weight excluding hydrogens is 260 g/mol. The van der Waals surface area contributed by atoms with Gasteiger partial charge in [-0.25, -0.2) is 4.98 Å². The zero-order chi connectivity index (χ0) is 14.5. The van der Waals surface area contributed by atoms with Crippen molar-refractivity contribution in [2.45, 2.75) is 51.7 Å². The van der Waals surface area contributed by atoms with Crippen LogP contribution < -0.4 is 10.1 Å². The van der Waals surface area contributed by atoms with Crippen LogP contribution in [0, 0.1) is 0 Å². The van der Waals surface area contributed by atoms with Gasteiger partial charge in [0.05, 0.1) is 0 Å². The summed E-state index contributed by atoms with van der Waals surface area (Å²) in [5.74, 6) is 0.803. The van der Waals surface area contributed by atoms with Gasteiger partial charge in [0.25, 0.3) is 0 Å². The second-order valence-electron chi connectivity index (χ2n) is 5.79. The number of rotatable bonds is 5. The smallest absolute Gasteiger partial charge is 0.221 e. The molecule has 0 spiro atoms. The molecule has 0 amide bonds.